The van der Waals surface area contributed by atoms with E-state index in [0.29, 0.717) is 22.6 Å². The van der Waals surface area contributed by atoms with Crippen molar-refractivity contribution in [2.75, 3.05) is 20.3 Å². The van der Waals surface area contributed by atoms with Crippen molar-refractivity contribution in [3.8, 4) is 23.8 Å². The van der Waals surface area contributed by atoms with Gasteiger partial charge in [-0.2, -0.15) is 0 Å². The van der Waals surface area contributed by atoms with Crippen molar-refractivity contribution in [2.45, 2.75) is 33.1 Å². The molecule has 3 rings (SSSR count). The Kier molecular flexibility index (Phi) is 8.95. The highest BCUT2D eigenvalue weighted by molar-refractivity contribution is 8.19. The number of ketones is 1. The van der Waals surface area contributed by atoms with Gasteiger partial charge in [-0.3, -0.25) is 14.4 Å². The molecule has 2 aromatic carbocycles. The van der Waals surface area contributed by atoms with Gasteiger partial charge in [-0.25, -0.2) is 4.99 Å². The highest BCUT2D eigenvalue weighted by atomic mass is 32.2. The first-order chi connectivity index (χ1) is 17.6. The van der Waals surface area contributed by atoms with Crippen LogP contribution in [0.25, 0.3) is 6.08 Å². The Labute approximate surface area is 221 Å². The molecular formula is C29H29NO6S. The standard InChI is InChI=1S/C29H29NO6S/c1-7-15-36-21-14-9-18(16-22(21)34-6)17-23-25(31)24(28(33)35-8-2)27(37-23)30-26(32)19-10-12-20(13-11-19)29(3,4)5/h1,9-14,16-17,24H,8,15H2,2-6H3/b23-17-,30-27?. The summed E-state index contributed by atoms with van der Waals surface area (Å²) in [6, 6.07) is 12.2. The predicted octanol–water partition coefficient (Wildman–Crippen LogP) is 5.08. The number of methoxy groups -OCH3 is 1. The van der Waals surface area contributed by atoms with Crippen LogP contribution in [0.2, 0.25) is 0 Å². The maximum atomic E-state index is 13.2. The van der Waals surface area contributed by atoms with Gasteiger partial charge in [0.25, 0.3) is 5.91 Å². The van der Waals surface area contributed by atoms with E-state index in [-0.39, 0.29) is 28.6 Å². The van der Waals surface area contributed by atoms with Crippen LogP contribution < -0.4 is 9.47 Å². The number of rotatable bonds is 7. The minimum atomic E-state index is -1.30. The summed E-state index contributed by atoms with van der Waals surface area (Å²) in [6.45, 7) is 8.07. The molecule has 0 bridgehead atoms. The third kappa shape index (κ3) is 6.69. The topological polar surface area (TPSA) is 91.3 Å². The van der Waals surface area contributed by atoms with Crippen LogP contribution in [0.1, 0.15) is 49.2 Å². The van der Waals surface area contributed by atoms with Crippen LogP contribution in [0.15, 0.2) is 52.4 Å². The zero-order valence-electron chi connectivity index (χ0n) is 21.5. The SMILES string of the molecule is C#CCOc1ccc(/C=C2\SC(=NC(=O)c3ccc(C(C)(C)C)cc3)C(C(=O)OCC)C2=O)cc1OC. The zero-order chi connectivity index (χ0) is 27.2. The number of nitrogens with zero attached hydrogens (tertiary/aromatic N) is 1. The van der Waals surface area contributed by atoms with Crippen LogP contribution in [-0.4, -0.2) is 43.0 Å². The summed E-state index contributed by atoms with van der Waals surface area (Å²) >= 11 is 0.979. The van der Waals surface area contributed by atoms with Crippen LogP contribution in [0.4, 0.5) is 0 Å². The van der Waals surface area contributed by atoms with Crippen LogP contribution in [-0.2, 0) is 19.7 Å². The van der Waals surface area contributed by atoms with Gasteiger partial charge < -0.3 is 14.2 Å². The van der Waals surface area contributed by atoms with Gasteiger partial charge in [-0.15, -0.1) is 6.42 Å². The highest BCUT2D eigenvalue weighted by Gasteiger charge is 2.43. The minimum Gasteiger partial charge on any atom is -0.493 e. The Hall–Kier alpha value is -3.83. The molecule has 1 saturated heterocycles. The first-order valence-corrected chi connectivity index (χ1v) is 12.5. The van der Waals surface area contributed by atoms with E-state index in [1.54, 1.807) is 43.3 Å². The Morgan fingerprint density at radius 1 is 1.14 bits per heavy atom. The number of Topliss-reactive ketones (excluding diaryl/α,β-unsaturated/α-hetero) is 1. The average molecular weight is 520 g/mol. The van der Waals surface area contributed by atoms with Crippen molar-refractivity contribution in [3.05, 3.63) is 64.1 Å². The fraction of sp³-hybridized carbons (Fsp3) is 0.310. The van der Waals surface area contributed by atoms with Gasteiger partial charge in [-0.1, -0.05) is 56.7 Å². The molecule has 1 atom stereocenters. The maximum absolute atomic E-state index is 13.2. The molecule has 1 fully saturated rings. The number of carbonyl (C=O) groups is 3. The molecule has 192 valence electrons. The third-order valence-corrected chi connectivity index (χ3v) is 6.57. The number of esters is 1. The zero-order valence-corrected chi connectivity index (χ0v) is 22.3. The molecule has 1 heterocycles. The average Bonchev–Trinajstić information content (AvgIpc) is 3.16. The number of allylic oxidation sites excluding steroid dienone is 1. The molecule has 2 aromatic rings. The number of carbonyl (C=O) groups excluding carboxylic acids is 3. The lowest BCUT2D eigenvalue weighted by Crippen LogP contribution is -2.27. The summed E-state index contributed by atoms with van der Waals surface area (Å²) in [7, 11) is 1.49. The van der Waals surface area contributed by atoms with E-state index in [9.17, 15) is 14.4 Å². The molecule has 1 aliphatic rings. The number of thioether (sulfide) groups is 1. The van der Waals surface area contributed by atoms with Gasteiger partial charge in [0.05, 0.1) is 18.6 Å². The number of ether oxygens (including phenoxy) is 3. The number of hydrogen-bond donors (Lipinski definition) is 0. The summed E-state index contributed by atoms with van der Waals surface area (Å²) in [5.41, 5.74) is 2.00. The second-order valence-electron chi connectivity index (χ2n) is 9.15. The van der Waals surface area contributed by atoms with E-state index in [4.69, 9.17) is 20.6 Å². The van der Waals surface area contributed by atoms with E-state index >= 15 is 0 Å². The quantitative estimate of drug-likeness (QED) is 0.218. The Bertz CT molecular complexity index is 1300. The summed E-state index contributed by atoms with van der Waals surface area (Å²) in [5.74, 6) is 0.228. The van der Waals surface area contributed by atoms with Gasteiger partial charge in [-0.05, 0) is 53.8 Å². The summed E-state index contributed by atoms with van der Waals surface area (Å²) < 4.78 is 15.9. The van der Waals surface area contributed by atoms with Gasteiger partial charge in [0, 0.05) is 5.56 Å². The number of amides is 1. The number of benzene rings is 2. The molecule has 0 aliphatic carbocycles. The fourth-order valence-corrected chi connectivity index (χ4v) is 4.63. The van der Waals surface area contributed by atoms with Crippen LogP contribution in [0.5, 0.6) is 11.5 Å². The lowest BCUT2D eigenvalue weighted by molar-refractivity contribution is -0.147. The van der Waals surface area contributed by atoms with Crippen molar-refractivity contribution >= 4 is 40.5 Å². The summed E-state index contributed by atoms with van der Waals surface area (Å²) in [6.07, 6.45) is 6.86. The third-order valence-electron chi connectivity index (χ3n) is 5.49. The second-order valence-corrected chi connectivity index (χ2v) is 10.2. The fourth-order valence-electron chi connectivity index (χ4n) is 3.54. The van der Waals surface area contributed by atoms with Gasteiger partial charge in [0.1, 0.15) is 11.7 Å². The lowest BCUT2D eigenvalue weighted by atomic mass is 9.87. The molecular weight excluding hydrogens is 490 g/mol. The highest BCUT2D eigenvalue weighted by Crippen LogP contribution is 2.38. The van der Waals surface area contributed by atoms with Crippen molar-refractivity contribution in [3.63, 3.8) is 0 Å². The molecule has 0 N–H and O–H groups in total. The first-order valence-electron chi connectivity index (χ1n) is 11.7. The van der Waals surface area contributed by atoms with Gasteiger partial charge in [0.15, 0.2) is 23.2 Å². The first kappa shape index (κ1) is 27.8. The smallest absolute Gasteiger partial charge is 0.323 e. The van der Waals surface area contributed by atoms with E-state index in [2.05, 4.69) is 31.7 Å². The van der Waals surface area contributed by atoms with E-state index in [1.807, 2.05) is 12.1 Å². The maximum Gasteiger partial charge on any atom is 0.323 e. The minimum absolute atomic E-state index is 0.0653. The van der Waals surface area contributed by atoms with E-state index in [0.717, 1.165) is 17.3 Å². The van der Waals surface area contributed by atoms with E-state index in [1.165, 1.54) is 7.11 Å². The number of aliphatic imine (C=N–C) groups is 1. The normalized spacial score (nSPS) is 17.5. The number of hydrogen-bond acceptors (Lipinski definition) is 7. The van der Waals surface area contributed by atoms with E-state index < -0.39 is 23.6 Å². The van der Waals surface area contributed by atoms with Crippen LogP contribution in [0.3, 0.4) is 0 Å². The molecule has 37 heavy (non-hydrogen) atoms. The van der Waals surface area contributed by atoms with Gasteiger partial charge in [0.2, 0.25) is 0 Å². The largest absolute Gasteiger partial charge is 0.493 e. The Morgan fingerprint density at radius 2 is 1.84 bits per heavy atom. The summed E-state index contributed by atoms with van der Waals surface area (Å²) in [5, 5.41) is 0.0838. The van der Waals surface area contributed by atoms with Crippen molar-refractivity contribution in [1.29, 1.82) is 0 Å². The van der Waals surface area contributed by atoms with Crippen molar-refractivity contribution in [2.24, 2.45) is 10.9 Å². The molecule has 1 amide bonds. The van der Waals surface area contributed by atoms with Crippen LogP contribution >= 0.6 is 11.8 Å². The monoisotopic (exact) mass is 519 g/mol. The molecule has 7 nitrogen and oxygen atoms in total. The molecule has 0 saturated carbocycles. The Balaban J connectivity index is 1.94. The van der Waals surface area contributed by atoms with Crippen molar-refractivity contribution < 1.29 is 28.6 Å². The van der Waals surface area contributed by atoms with Crippen LogP contribution in [0, 0.1) is 18.3 Å². The molecule has 8 heteroatoms. The molecule has 0 aromatic heterocycles. The van der Waals surface area contributed by atoms with Gasteiger partial charge >= 0.3 is 5.97 Å². The molecule has 0 spiro atoms. The second kappa shape index (κ2) is 11.9. The predicted molar refractivity (Wildman–Crippen MR) is 145 cm³/mol. The molecule has 1 aliphatic heterocycles. The Morgan fingerprint density at radius 3 is 2.43 bits per heavy atom. The molecule has 0 radical (unpaired) electrons. The number of terminal acetylenes is 1. The molecule has 1 unspecified atom stereocenters. The van der Waals surface area contributed by atoms with Crippen molar-refractivity contribution in [1.82, 2.24) is 0 Å². The summed E-state index contributed by atoms with van der Waals surface area (Å²) in [4.78, 5) is 43.2. The lowest BCUT2D eigenvalue weighted by Gasteiger charge is -2.18.